The molecule has 8 rings (SSSR count). The van der Waals surface area contributed by atoms with Crippen molar-refractivity contribution in [2.45, 2.75) is 13.8 Å². The van der Waals surface area contributed by atoms with Crippen molar-refractivity contribution in [2.75, 3.05) is 9.80 Å². The van der Waals surface area contributed by atoms with Gasteiger partial charge < -0.3 is 9.80 Å². The average Bonchev–Trinajstić information content (AvgIpc) is 3.61. The highest BCUT2D eigenvalue weighted by molar-refractivity contribution is 8.15. The number of allylic oxidation sites excluding steroid dienone is 2. The number of nitrogens with zero attached hydrogens (tertiary/aromatic N) is 4. The summed E-state index contributed by atoms with van der Waals surface area (Å²) in [7, 11) is 0. The first-order chi connectivity index (χ1) is 21.7. The number of benzene rings is 4. The second-order valence-electron chi connectivity index (χ2n) is 10.8. The minimum atomic E-state index is 0.983. The van der Waals surface area contributed by atoms with Crippen LogP contribution in [0.25, 0.3) is 31.6 Å². The van der Waals surface area contributed by atoms with Gasteiger partial charge in [-0.05, 0) is 49.2 Å². The first kappa shape index (κ1) is 26.8. The van der Waals surface area contributed by atoms with Gasteiger partial charge in [0.15, 0.2) is 0 Å². The van der Waals surface area contributed by atoms with Gasteiger partial charge in [-0.25, -0.2) is 0 Å². The van der Waals surface area contributed by atoms with Crippen molar-refractivity contribution in [1.82, 2.24) is 9.97 Å². The summed E-state index contributed by atoms with van der Waals surface area (Å²) in [6.07, 6.45) is 3.77. The topological polar surface area (TPSA) is 32.3 Å². The fourth-order valence-electron chi connectivity index (χ4n) is 6.05. The number of hydrogen-bond donors (Lipinski definition) is 0. The Balaban J connectivity index is 1.41. The summed E-state index contributed by atoms with van der Waals surface area (Å²) < 4.78 is 0. The Morgan fingerprint density at radius 3 is 1.30 bits per heavy atom. The Kier molecular flexibility index (Phi) is 6.74. The zero-order valence-corrected chi connectivity index (χ0v) is 25.9. The molecule has 6 heteroatoms. The van der Waals surface area contributed by atoms with Gasteiger partial charge in [0.05, 0.1) is 22.4 Å². The van der Waals surface area contributed by atoms with Crippen LogP contribution in [0.3, 0.4) is 0 Å². The summed E-state index contributed by atoms with van der Waals surface area (Å²) in [6.45, 7) is 4.46. The summed E-state index contributed by atoms with van der Waals surface area (Å²) in [5, 5.41) is 4.55. The van der Waals surface area contributed by atoms with E-state index in [1.54, 1.807) is 0 Å². The van der Waals surface area contributed by atoms with E-state index in [1.807, 2.05) is 48.1 Å². The Morgan fingerprint density at radius 2 is 0.864 bits per heavy atom. The van der Waals surface area contributed by atoms with Gasteiger partial charge in [-0.1, -0.05) is 121 Å². The third-order valence-electron chi connectivity index (χ3n) is 8.09. The van der Waals surface area contributed by atoms with E-state index >= 15 is 0 Å². The van der Waals surface area contributed by atoms with Crippen LogP contribution < -0.4 is 9.80 Å². The molecule has 2 aliphatic heterocycles. The number of hydrogen-bond acceptors (Lipinski definition) is 6. The molecule has 2 aliphatic rings. The molecule has 4 aromatic carbocycles. The summed E-state index contributed by atoms with van der Waals surface area (Å²) in [5.41, 5.74) is 8.89. The van der Waals surface area contributed by atoms with Crippen LogP contribution in [0.5, 0.6) is 0 Å². The van der Waals surface area contributed by atoms with Crippen molar-refractivity contribution in [1.29, 1.82) is 0 Å². The van der Waals surface area contributed by atoms with Crippen molar-refractivity contribution < 1.29 is 0 Å². The molecule has 0 saturated carbocycles. The van der Waals surface area contributed by atoms with Gasteiger partial charge in [0.2, 0.25) is 0 Å². The van der Waals surface area contributed by atoms with E-state index in [9.17, 15) is 0 Å². The maximum Gasteiger partial charge on any atom is 0.116 e. The Morgan fingerprint density at radius 1 is 0.455 bits per heavy atom. The molecule has 6 aromatic rings. The number of para-hydroxylation sites is 2. The summed E-state index contributed by atoms with van der Waals surface area (Å²) in [6, 6.07) is 42.6. The molecule has 0 bridgehead atoms. The molecule has 4 heterocycles. The summed E-state index contributed by atoms with van der Waals surface area (Å²) in [5.74, 6) is 0. The van der Waals surface area contributed by atoms with E-state index < -0.39 is 0 Å². The molecule has 44 heavy (non-hydrogen) atoms. The molecule has 0 unspecified atom stereocenters. The van der Waals surface area contributed by atoms with Crippen molar-refractivity contribution in [3.05, 3.63) is 166 Å². The molecule has 0 N–H and O–H groups in total. The first-order valence-corrected chi connectivity index (χ1v) is 16.2. The molecule has 0 amide bonds. The van der Waals surface area contributed by atoms with Crippen molar-refractivity contribution in [2.24, 2.45) is 0 Å². The summed E-state index contributed by atoms with van der Waals surface area (Å²) >= 11 is 3.66. The van der Waals surface area contributed by atoms with E-state index in [4.69, 9.17) is 9.97 Å². The lowest BCUT2D eigenvalue weighted by Crippen LogP contribution is -2.23. The van der Waals surface area contributed by atoms with Crippen LogP contribution in [0, 0.1) is 0 Å². The van der Waals surface area contributed by atoms with E-state index in [0.717, 1.165) is 43.2 Å². The molecule has 2 aromatic heterocycles. The zero-order valence-electron chi connectivity index (χ0n) is 24.3. The molecule has 4 nitrogen and oxygen atoms in total. The van der Waals surface area contributed by atoms with Crippen LogP contribution in [-0.4, -0.2) is 9.97 Å². The maximum atomic E-state index is 4.88. The molecule has 0 spiro atoms. The van der Waals surface area contributed by atoms with Crippen molar-refractivity contribution in [3.8, 4) is 0 Å². The highest BCUT2D eigenvalue weighted by Gasteiger charge is 2.38. The highest BCUT2D eigenvalue weighted by atomic mass is 32.2. The fourth-order valence-corrected chi connectivity index (χ4v) is 8.68. The largest absolute Gasteiger partial charge is 0.303 e. The standard InChI is InChI=1S/C38H28N4S2/c1-25-35(29-13-5-3-6-14-29)43-37(41(25)31-21-9-17-27-19-11-23-39-33(27)31)38-42(26(2)36(44-38)30-15-7-4-8-16-30)32-22-10-18-28-20-12-24-40-34(28)32/h3-24H,1-2H3/b38-37+. The third-order valence-corrected chi connectivity index (χ3v) is 10.8. The van der Waals surface area contributed by atoms with Crippen LogP contribution in [0.1, 0.15) is 25.0 Å². The number of anilines is 2. The van der Waals surface area contributed by atoms with E-state index in [0.29, 0.717) is 0 Å². The van der Waals surface area contributed by atoms with E-state index in [-0.39, 0.29) is 0 Å². The lowest BCUT2D eigenvalue weighted by Gasteiger charge is -2.29. The quantitative estimate of drug-likeness (QED) is 0.199. The maximum absolute atomic E-state index is 4.88. The van der Waals surface area contributed by atoms with Gasteiger partial charge in [-0.3, -0.25) is 9.97 Å². The lowest BCUT2D eigenvalue weighted by atomic mass is 10.1. The second kappa shape index (κ2) is 11.1. The fraction of sp³-hybridized carbons (Fsp3) is 0.0526. The minimum Gasteiger partial charge on any atom is -0.303 e. The van der Waals surface area contributed by atoms with Gasteiger partial charge in [0.1, 0.15) is 10.1 Å². The molecule has 0 fully saturated rings. The van der Waals surface area contributed by atoms with Crippen LogP contribution in [0.2, 0.25) is 0 Å². The molecule has 0 radical (unpaired) electrons. The van der Waals surface area contributed by atoms with Gasteiger partial charge in [0.25, 0.3) is 0 Å². The normalized spacial score (nSPS) is 17.0. The minimum absolute atomic E-state index is 0.983. The van der Waals surface area contributed by atoms with Crippen molar-refractivity contribution >= 4 is 66.5 Å². The monoisotopic (exact) mass is 604 g/mol. The molecule has 0 saturated heterocycles. The van der Waals surface area contributed by atoms with E-state index in [2.05, 4.69) is 133 Å². The van der Waals surface area contributed by atoms with Gasteiger partial charge in [-0.2, -0.15) is 0 Å². The SMILES string of the molecule is CC1=C(c2ccccc2)S/C(=C2/SC(c3ccccc3)=C(C)N2c2cccc3cccnc23)N1c1cccc2cccnc12. The Bertz CT molecular complexity index is 1990. The van der Waals surface area contributed by atoms with Crippen LogP contribution in [-0.2, 0) is 0 Å². The van der Waals surface area contributed by atoms with Crippen LogP contribution in [0.4, 0.5) is 11.4 Å². The predicted octanol–water partition coefficient (Wildman–Crippen LogP) is 10.5. The second-order valence-corrected chi connectivity index (χ2v) is 12.7. The average molecular weight is 605 g/mol. The van der Waals surface area contributed by atoms with Gasteiger partial charge in [-0.15, -0.1) is 0 Å². The highest BCUT2D eigenvalue weighted by Crippen LogP contribution is 2.58. The molecule has 212 valence electrons. The Labute approximate surface area is 265 Å². The molecular formula is C38H28N4S2. The van der Waals surface area contributed by atoms with Crippen LogP contribution >= 0.6 is 23.5 Å². The van der Waals surface area contributed by atoms with Gasteiger partial charge >= 0.3 is 0 Å². The Hall–Kier alpha value is -4.78. The molecular weight excluding hydrogens is 577 g/mol. The smallest absolute Gasteiger partial charge is 0.116 e. The van der Waals surface area contributed by atoms with E-state index in [1.165, 1.54) is 32.3 Å². The van der Waals surface area contributed by atoms with Crippen LogP contribution in [0.15, 0.2) is 155 Å². The number of pyridine rings is 2. The van der Waals surface area contributed by atoms with Crippen molar-refractivity contribution in [3.63, 3.8) is 0 Å². The molecule has 0 aliphatic carbocycles. The number of aromatic nitrogens is 2. The zero-order chi connectivity index (χ0) is 29.6. The summed E-state index contributed by atoms with van der Waals surface area (Å²) in [4.78, 5) is 17.1. The predicted molar refractivity (Wildman–Crippen MR) is 189 cm³/mol. The molecule has 0 atom stereocenters. The number of thioether (sulfide) groups is 2. The third kappa shape index (κ3) is 4.41. The lowest BCUT2D eigenvalue weighted by molar-refractivity contribution is 1.10. The first-order valence-electron chi connectivity index (χ1n) is 14.6. The van der Waals surface area contributed by atoms with Gasteiger partial charge in [0, 0.05) is 44.4 Å². The number of fused-ring (bicyclic) bond motifs is 2. The number of rotatable bonds is 4.